The lowest BCUT2D eigenvalue weighted by molar-refractivity contribution is 0.102. The van der Waals surface area contributed by atoms with Crippen LogP contribution in [0, 0.1) is 6.92 Å². The van der Waals surface area contributed by atoms with Crippen molar-refractivity contribution in [3.05, 3.63) is 46.2 Å². The Bertz CT molecular complexity index is 645. The van der Waals surface area contributed by atoms with E-state index in [1.54, 1.807) is 24.5 Å². The predicted octanol–water partition coefficient (Wildman–Crippen LogP) is 3.62. The van der Waals surface area contributed by atoms with Crippen LogP contribution >= 0.6 is 15.9 Å². The lowest BCUT2D eigenvalue weighted by Crippen LogP contribution is -2.17. The topological polar surface area (TPSA) is 66.9 Å². The highest BCUT2D eigenvalue weighted by molar-refractivity contribution is 9.10. The van der Waals surface area contributed by atoms with Crippen LogP contribution in [0.3, 0.4) is 0 Å². The molecule has 2 heterocycles. The molecule has 2 N–H and O–H groups in total. The third kappa shape index (κ3) is 4.01. The number of aromatic nitrogens is 2. The van der Waals surface area contributed by atoms with E-state index in [-0.39, 0.29) is 5.91 Å². The Labute approximate surface area is 132 Å². The van der Waals surface area contributed by atoms with Crippen LogP contribution in [0.25, 0.3) is 0 Å². The molecule has 0 saturated heterocycles. The lowest BCUT2D eigenvalue weighted by Gasteiger charge is -2.11. The van der Waals surface area contributed by atoms with Gasteiger partial charge >= 0.3 is 0 Å². The second-order valence-electron chi connectivity index (χ2n) is 4.60. The van der Waals surface area contributed by atoms with Gasteiger partial charge in [-0.1, -0.05) is 6.92 Å². The summed E-state index contributed by atoms with van der Waals surface area (Å²) < 4.78 is 0.879. The number of carbonyl (C=O) groups is 1. The van der Waals surface area contributed by atoms with E-state index in [4.69, 9.17) is 0 Å². The molecule has 0 aliphatic carbocycles. The van der Waals surface area contributed by atoms with Crippen LogP contribution < -0.4 is 10.6 Å². The molecule has 0 aliphatic heterocycles. The highest BCUT2D eigenvalue weighted by Gasteiger charge is 2.13. The first-order valence-corrected chi connectivity index (χ1v) is 7.53. The minimum absolute atomic E-state index is 0.223. The van der Waals surface area contributed by atoms with E-state index in [0.717, 1.165) is 23.0 Å². The van der Waals surface area contributed by atoms with E-state index < -0.39 is 0 Å². The first-order valence-electron chi connectivity index (χ1n) is 6.74. The molecule has 0 aromatic carbocycles. The Hall–Kier alpha value is -1.95. The predicted molar refractivity (Wildman–Crippen MR) is 87.6 cm³/mol. The van der Waals surface area contributed by atoms with Gasteiger partial charge in [0.15, 0.2) is 0 Å². The molecular weight excluding hydrogens is 332 g/mol. The zero-order valence-corrected chi connectivity index (χ0v) is 13.6. The number of hydrogen-bond donors (Lipinski definition) is 2. The number of nitrogens with zero attached hydrogens (tertiary/aromatic N) is 2. The van der Waals surface area contributed by atoms with E-state index in [2.05, 4.69) is 43.5 Å². The molecular formula is C15H17BrN4O. The molecule has 0 atom stereocenters. The summed E-state index contributed by atoms with van der Waals surface area (Å²) in [5, 5.41) is 5.97. The maximum Gasteiger partial charge on any atom is 0.260 e. The number of rotatable bonds is 5. The van der Waals surface area contributed by atoms with Gasteiger partial charge in [-0.25, -0.2) is 9.97 Å². The molecule has 0 fully saturated rings. The van der Waals surface area contributed by atoms with E-state index >= 15 is 0 Å². The molecule has 110 valence electrons. The van der Waals surface area contributed by atoms with Crippen molar-refractivity contribution < 1.29 is 4.79 Å². The summed E-state index contributed by atoms with van der Waals surface area (Å²) in [6.45, 7) is 4.73. The molecule has 2 aromatic rings. The Morgan fingerprint density at radius 2 is 2.14 bits per heavy atom. The second-order valence-corrected chi connectivity index (χ2v) is 5.52. The SMILES string of the molecule is CCCNc1ncccc1C(=O)Nc1ncc(Br)cc1C. The number of hydrogen-bond acceptors (Lipinski definition) is 4. The summed E-state index contributed by atoms with van der Waals surface area (Å²) in [5.41, 5.74) is 1.40. The largest absolute Gasteiger partial charge is 0.369 e. The van der Waals surface area contributed by atoms with Crippen LogP contribution in [-0.4, -0.2) is 22.4 Å². The van der Waals surface area contributed by atoms with Crippen LogP contribution in [0.15, 0.2) is 35.1 Å². The number of amides is 1. The number of anilines is 2. The fraction of sp³-hybridized carbons (Fsp3) is 0.267. The van der Waals surface area contributed by atoms with Gasteiger partial charge in [-0.2, -0.15) is 0 Å². The highest BCUT2D eigenvalue weighted by atomic mass is 79.9. The Morgan fingerprint density at radius 3 is 2.86 bits per heavy atom. The van der Waals surface area contributed by atoms with Crippen molar-refractivity contribution >= 4 is 33.5 Å². The molecule has 1 amide bonds. The van der Waals surface area contributed by atoms with E-state index in [1.807, 2.05) is 13.0 Å². The lowest BCUT2D eigenvalue weighted by atomic mass is 10.2. The molecule has 0 bridgehead atoms. The molecule has 2 aromatic heterocycles. The van der Waals surface area contributed by atoms with Crippen LogP contribution in [-0.2, 0) is 0 Å². The van der Waals surface area contributed by atoms with Gasteiger partial charge in [-0.15, -0.1) is 0 Å². The minimum atomic E-state index is -0.223. The summed E-state index contributed by atoms with van der Waals surface area (Å²) in [6, 6.07) is 5.39. The van der Waals surface area contributed by atoms with Crippen LogP contribution in [0.1, 0.15) is 29.3 Å². The van der Waals surface area contributed by atoms with E-state index in [0.29, 0.717) is 17.2 Å². The molecule has 0 aliphatic rings. The van der Waals surface area contributed by atoms with Gasteiger partial charge in [0.1, 0.15) is 11.6 Å². The molecule has 5 nitrogen and oxygen atoms in total. The average Bonchev–Trinajstić information content (AvgIpc) is 2.48. The standard InChI is InChI=1S/C15H17BrN4O/c1-3-6-17-14-12(5-4-7-18-14)15(21)20-13-10(2)8-11(16)9-19-13/h4-5,7-9H,3,6H2,1-2H3,(H,17,18)(H,19,20,21). The molecule has 21 heavy (non-hydrogen) atoms. The molecule has 0 unspecified atom stereocenters. The minimum Gasteiger partial charge on any atom is -0.369 e. The van der Waals surface area contributed by atoms with Gasteiger partial charge in [0, 0.05) is 23.4 Å². The molecule has 0 spiro atoms. The van der Waals surface area contributed by atoms with Gasteiger partial charge in [0.25, 0.3) is 5.91 Å². The number of nitrogens with one attached hydrogen (secondary N) is 2. The van der Waals surface area contributed by atoms with Crippen molar-refractivity contribution in [3.63, 3.8) is 0 Å². The van der Waals surface area contributed by atoms with Crippen molar-refractivity contribution in [2.24, 2.45) is 0 Å². The fourth-order valence-electron chi connectivity index (χ4n) is 1.82. The van der Waals surface area contributed by atoms with Crippen LogP contribution in [0.5, 0.6) is 0 Å². The monoisotopic (exact) mass is 348 g/mol. The zero-order chi connectivity index (χ0) is 15.2. The number of aryl methyl sites for hydroxylation is 1. The van der Waals surface area contributed by atoms with Gasteiger partial charge in [-0.3, -0.25) is 4.79 Å². The van der Waals surface area contributed by atoms with E-state index in [1.165, 1.54) is 0 Å². The average molecular weight is 349 g/mol. The Morgan fingerprint density at radius 1 is 1.33 bits per heavy atom. The number of carbonyl (C=O) groups excluding carboxylic acids is 1. The maximum atomic E-state index is 12.4. The quantitative estimate of drug-likeness (QED) is 0.865. The number of pyridine rings is 2. The fourth-order valence-corrected chi connectivity index (χ4v) is 2.26. The molecule has 2 rings (SSSR count). The molecule has 0 saturated carbocycles. The highest BCUT2D eigenvalue weighted by Crippen LogP contribution is 2.19. The molecule has 0 radical (unpaired) electrons. The van der Waals surface area contributed by atoms with Gasteiger partial charge < -0.3 is 10.6 Å². The Balaban J connectivity index is 2.20. The third-order valence-corrected chi connectivity index (χ3v) is 3.31. The van der Waals surface area contributed by atoms with Crippen molar-refractivity contribution in [2.75, 3.05) is 17.2 Å². The summed E-state index contributed by atoms with van der Waals surface area (Å²) >= 11 is 3.35. The van der Waals surface area contributed by atoms with E-state index in [9.17, 15) is 4.79 Å². The summed E-state index contributed by atoms with van der Waals surface area (Å²) in [5.74, 6) is 0.916. The normalized spacial score (nSPS) is 10.2. The third-order valence-electron chi connectivity index (χ3n) is 2.87. The van der Waals surface area contributed by atoms with Gasteiger partial charge in [-0.05, 0) is 53.0 Å². The van der Waals surface area contributed by atoms with Crippen molar-refractivity contribution in [1.29, 1.82) is 0 Å². The summed E-state index contributed by atoms with van der Waals surface area (Å²) in [6.07, 6.45) is 4.28. The molecule has 6 heteroatoms. The Kier molecular flexibility index (Phi) is 5.27. The van der Waals surface area contributed by atoms with Gasteiger partial charge in [0.05, 0.1) is 5.56 Å². The van der Waals surface area contributed by atoms with Crippen molar-refractivity contribution in [1.82, 2.24) is 9.97 Å². The van der Waals surface area contributed by atoms with Crippen LogP contribution in [0.4, 0.5) is 11.6 Å². The summed E-state index contributed by atoms with van der Waals surface area (Å²) in [7, 11) is 0. The smallest absolute Gasteiger partial charge is 0.260 e. The van der Waals surface area contributed by atoms with Crippen LogP contribution in [0.2, 0.25) is 0 Å². The summed E-state index contributed by atoms with van der Waals surface area (Å²) in [4.78, 5) is 20.8. The first kappa shape index (κ1) is 15.4. The maximum absolute atomic E-state index is 12.4. The van der Waals surface area contributed by atoms with Gasteiger partial charge in [0.2, 0.25) is 0 Å². The van der Waals surface area contributed by atoms with Crippen molar-refractivity contribution in [3.8, 4) is 0 Å². The first-order chi connectivity index (χ1) is 10.1. The second kappa shape index (κ2) is 7.17. The number of halogens is 1. The van der Waals surface area contributed by atoms with Crippen molar-refractivity contribution in [2.45, 2.75) is 20.3 Å². The zero-order valence-electron chi connectivity index (χ0n) is 12.0.